The maximum absolute atomic E-state index is 14.3. The van der Waals surface area contributed by atoms with Crippen LogP contribution in [-0.4, -0.2) is 71.4 Å². The molecule has 272 valence electrons. The summed E-state index contributed by atoms with van der Waals surface area (Å²) in [6.07, 6.45) is 7.77. The first-order valence-electron chi connectivity index (χ1n) is 17.2. The number of ether oxygens (including phenoxy) is 2. The van der Waals surface area contributed by atoms with E-state index in [2.05, 4.69) is 37.0 Å². The summed E-state index contributed by atoms with van der Waals surface area (Å²) in [6.45, 7) is 20.1. The molecule has 5 rings (SSSR count). The zero-order valence-electron chi connectivity index (χ0n) is 30.2. The standard InChI is InChI=1S/C17H20F2N2O2.C12H22N2O2.2C2H6.C2H4.CH4O.H2/c1-23-12-7-8-13-14(10-12)21-16(22)15(20-13)17(18,19)9-3-2-4-11-5-6-11;1-3-4-9-5-6-14(10(15)7-13)11(9)12(2)8-16-12;4*1-2;/h7-8,10-11H,2-6,9H2,1H3,(H,21,22);9,11H,3-8,13H2,1-2H3;2*1-2H3;1-2H2;2H,1H3;1H/t;9-,11+,12?;;;;;/m.1...../s1. The van der Waals surface area contributed by atoms with E-state index in [9.17, 15) is 18.4 Å². The van der Waals surface area contributed by atoms with Crippen molar-refractivity contribution in [2.75, 3.05) is 33.9 Å². The van der Waals surface area contributed by atoms with Gasteiger partial charge in [0.2, 0.25) is 5.91 Å². The number of likely N-dealkylation sites (tertiary alicyclic amines) is 1. The van der Waals surface area contributed by atoms with Gasteiger partial charge in [0.25, 0.3) is 11.5 Å². The Morgan fingerprint density at radius 1 is 1.19 bits per heavy atom. The lowest BCUT2D eigenvalue weighted by Gasteiger charge is -2.31. The molecule has 2 aromatic rings. The SMILES string of the molecule is C=C.CC.CC.CCC[C@@H]1CCN(C(=O)CN)[C@@H]1C1(C)CO1.CO.COc1ccc2nc(C(F)(F)CCCCC3CC3)c(=O)[nH]c2c1.[HH]. The minimum Gasteiger partial charge on any atom is -0.497 e. The van der Waals surface area contributed by atoms with Gasteiger partial charge in [0.15, 0.2) is 5.69 Å². The van der Waals surface area contributed by atoms with Crippen molar-refractivity contribution in [1.29, 1.82) is 0 Å². The number of aromatic nitrogens is 2. The number of aromatic amines is 1. The van der Waals surface area contributed by atoms with Crippen LogP contribution in [0.25, 0.3) is 11.0 Å². The Morgan fingerprint density at radius 3 is 2.32 bits per heavy atom. The lowest BCUT2D eigenvalue weighted by Crippen LogP contribution is -2.48. The Labute approximate surface area is 282 Å². The normalized spacial score (nSPS) is 20.7. The van der Waals surface area contributed by atoms with E-state index in [0.717, 1.165) is 45.4 Å². The van der Waals surface area contributed by atoms with Gasteiger partial charge in [0, 0.05) is 27.6 Å². The molecule has 3 heterocycles. The molecule has 47 heavy (non-hydrogen) atoms. The molecule has 1 amide bonds. The number of H-pyrrole nitrogens is 1. The number of carbonyl (C=O) groups is 1. The summed E-state index contributed by atoms with van der Waals surface area (Å²) in [4.78, 5) is 32.1. The molecule has 2 aliphatic heterocycles. The summed E-state index contributed by atoms with van der Waals surface area (Å²) >= 11 is 0. The number of benzene rings is 1. The molecule has 2 saturated heterocycles. The first-order valence-corrected chi connectivity index (χ1v) is 17.2. The molecule has 1 saturated carbocycles. The lowest BCUT2D eigenvalue weighted by atomic mass is 9.87. The van der Waals surface area contributed by atoms with Crippen molar-refractivity contribution in [1.82, 2.24) is 14.9 Å². The van der Waals surface area contributed by atoms with E-state index >= 15 is 0 Å². The minimum atomic E-state index is -3.20. The topological polar surface area (TPSA) is 134 Å². The second-order valence-electron chi connectivity index (χ2n) is 11.4. The fourth-order valence-electron chi connectivity index (χ4n) is 5.78. The molecule has 4 N–H and O–H groups in total. The number of amides is 1. The van der Waals surface area contributed by atoms with Gasteiger partial charge < -0.3 is 30.2 Å². The average Bonchev–Trinajstić information content (AvgIpc) is 4.04. The third-order valence-corrected chi connectivity index (χ3v) is 8.20. The van der Waals surface area contributed by atoms with Crippen molar-refractivity contribution < 1.29 is 29.6 Å². The van der Waals surface area contributed by atoms with Crippen molar-refractivity contribution in [3.8, 4) is 5.75 Å². The second-order valence-corrected chi connectivity index (χ2v) is 11.4. The van der Waals surface area contributed by atoms with Gasteiger partial charge in [-0.05, 0) is 50.2 Å². The van der Waals surface area contributed by atoms with Crippen LogP contribution in [0.15, 0.2) is 36.2 Å². The number of nitrogens with zero attached hydrogens (tertiary/aromatic N) is 2. The zero-order valence-corrected chi connectivity index (χ0v) is 30.2. The zero-order chi connectivity index (χ0) is 36.2. The van der Waals surface area contributed by atoms with Crippen LogP contribution in [-0.2, 0) is 15.5 Å². The number of alkyl halides is 2. The van der Waals surface area contributed by atoms with Crippen molar-refractivity contribution in [3.63, 3.8) is 0 Å². The third-order valence-electron chi connectivity index (χ3n) is 8.20. The number of halogens is 2. The molecule has 9 nitrogen and oxygen atoms in total. The van der Waals surface area contributed by atoms with Crippen molar-refractivity contribution >= 4 is 16.9 Å². The van der Waals surface area contributed by atoms with Gasteiger partial charge in [0.05, 0.1) is 37.3 Å². The van der Waals surface area contributed by atoms with Gasteiger partial charge in [-0.15, -0.1) is 13.2 Å². The quantitative estimate of drug-likeness (QED) is 0.128. The van der Waals surface area contributed by atoms with Gasteiger partial charge in [0.1, 0.15) is 11.4 Å². The van der Waals surface area contributed by atoms with E-state index in [0.29, 0.717) is 29.1 Å². The number of hydrogen-bond donors (Lipinski definition) is 3. The summed E-state index contributed by atoms with van der Waals surface area (Å²) in [6, 6.07) is 5.02. The summed E-state index contributed by atoms with van der Waals surface area (Å²) in [5.41, 5.74) is 4.56. The van der Waals surface area contributed by atoms with Crippen molar-refractivity contribution in [2.24, 2.45) is 17.6 Å². The molecule has 0 bridgehead atoms. The molecule has 3 atom stereocenters. The number of aliphatic hydroxyl groups excluding tert-OH is 1. The highest BCUT2D eigenvalue weighted by Crippen LogP contribution is 2.43. The number of fused-ring (bicyclic) bond motifs is 1. The van der Waals surface area contributed by atoms with Crippen LogP contribution in [0.5, 0.6) is 5.75 Å². The van der Waals surface area contributed by atoms with E-state index in [1.54, 1.807) is 18.2 Å². The number of carbonyl (C=O) groups excluding carboxylic acids is 1. The molecule has 1 aromatic heterocycles. The van der Waals surface area contributed by atoms with Gasteiger partial charge >= 0.3 is 0 Å². The van der Waals surface area contributed by atoms with Gasteiger partial charge in [-0.25, -0.2) is 4.98 Å². The Balaban J connectivity index is 0. The van der Waals surface area contributed by atoms with Crippen molar-refractivity contribution in [3.05, 3.63) is 47.4 Å². The fraction of sp³-hybridized carbons (Fsp3) is 0.694. The number of unbranched alkanes of at least 4 members (excludes halogenated alkanes) is 1. The van der Waals surface area contributed by atoms with E-state index in [1.807, 2.05) is 32.6 Å². The summed E-state index contributed by atoms with van der Waals surface area (Å²) < 4.78 is 39.2. The Hall–Kier alpha value is -2.89. The number of rotatable bonds is 11. The van der Waals surface area contributed by atoms with Crippen LogP contribution in [0, 0.1) is 11.8 Å². The Morgan fingerprint density at radius 2 is 1.81 bits per heavy atom. The first-order chi connectivity index (χ1) is 22.6. The highest BCUT2D eigenvalue weighted by atomic mass is 19.3. The van der Waals surface area contributed by atoms with E-state index in [4.69, 9.17) is 20.3 Å². The Bertz CT molecular complexity index is 1220. The molecule has 11 heteroatoms. The second kappa shape index (κ2) is 22.6. The van der Waals surface area contributed by atoms with Crippen LogP contribution in [0.4, 0.5) is 8.78 Å². The average molecular weight is 671 g/mol. The number of nitrogens with one attached hydrogen (secondary N) is 1. The first kappa shape index (κ1) is 44.1. The van der Waals surface area contributed by atoms with Gasteiger partial charge in [-0.2, -0.15) is 8.78 Å². The number of epoxide rings is 1. The molecule has 3 fully saturated rings. The monoisotopic (exact) mass is 670 g/mol. The molecule has 0 spiro atoms. The molecular weight excluding hydrogens is 606 g/mol. The molecule has 1 aliphatic carbocycles. The van der Waals surface area contributed by atoms with Gasteiger partial charge in [-0.3, -0.25) is 9.59 Å². The fourth-order valence-corrected chi connectivity index (χ4v) is 5.78. The molecule has 1 aromatic carbocycles. The highest BCUT2D eigenvalue weighted by Gasteiger charge is 2.55. The highest BCUT2D eigenvalue weighted by molar-refractivity contribution is 5.79. The maximum atomic E-state index is 14.3. The maximum Gasteiger partial charge on any atom is 0.295 e. The van der Waals surface area contributed by atoms with Crippen LogP contribution in [0.3, 0.4) is 0 Å². The number of hydrogen-bond acceptors (Lipinski definition) is 7. The number of methoxy groups -OCH3 is 1. The molecule has 1 unspecified atom stereocenters. The van der Waals surface area contributed by atoms with E-state index in [1.165, 1.54) is 32.8 Å². The van der Waals surface area contributed by atoms with E-state index < -0.39 is 17.2 Å². The van der Waals surface area contributed by atoms with Crippen LogP contribution < -0.4 is 16.0 Å². The summed E-state index contributed by atoms with van der Waals surface area (Å²) in [7, 11) is 2.50. The predicted molar refractivity (Wildman–Crippen MR) is 190 cm³/mol. The van der Waals surface area contributed by atoms with E-state index in [-0.39, 0.29) is 31.9 Å². The van der Waals surface area contributed by atoms with Crippen LogP contribution in [0.2, 0.25) is 0 Å². The minimum absolute atomic E-state index is 0. The van der Waals surface area contributed by atoms with Gasteiger partial charge in [-0.1, -0.05) is 66.7 Å². The Kier molecular flexibility index (Phi) is 21.2. The largest absolute Gasteiger partial charge is 0.497 e. The predicted octanol–water partition coefficient (Wildman–Crippen LogP) is 7.45. The van der Waals surface area contributed by atoms with Crippen LogP contribution >= 0.6 is 0 Å². The molecule has 0 radical (unpaired) electrons. The summed E-state index contributed by atoms with van der Waals surface area (Å²) in [5.74, 6) is -1.27. The molecular formula is C36H64F2N4O5. The number of nitrogens with two attached hydrogens (primary N) is 1. The molecule has 3 aliphatic rings. The third kappa shape index (κ3) is 13.3. The number of aliphatic hydroxyl groups is 1. The summed E-state index contributed by atoms with van der Waals surface area (Å²) in [5, 5.41) is 7.00. The lowest BCUT2D eigenvalue weighted by molar-refractivity contribution is -0.132. The smallest absolute Gasteiger partial charge is 0.295 e. The van der Waals surface area contributed by atoms with Crippen molar-refractivity contribution in [2.45, 2.75) is 117 Å². The van der Waals surface area contributed by atoms with Crippen LogP contribution in [0.1, 0.15) is 106 Å².